The third-order valence-electron chi connectivity index (χ3n) is 4.46. The van der Waals surface area contributed by atoms with Gasteiger partial charge in [-0.15, -0.1) is 0 Å². The second kappa shape index (κ2) is 5.99. The molecular weight excluding hydrogens is 198 g/mol. The Morgan fingerprint density at radius 2 is 1.62 bits per heavy atom. The van der Waals surface area contributed by atoms with Crippen molar-refractivity contribution in [1.29, 1.82) is 0 Å². The van der Waals surface area contributed by atoms with E-state index in [1.165, 1.54) is 58.4 Å². The van der Waals surface area contributed by atoms with Crippen molar-refractivity contribution in [2.45, 2.75) is 44.7 Å². The molecule has 0 aliphatic carbocycles. The molecule has 0 bridgehead atoms. The highest BCUT2D eigenvalue weighted by Crippen LogP contribution is 2.20. The van der Waals surface area contributed by atoms with E-state index in [2.05, 4.69) is 29.1 Å². The van der Waals surface area contributed by atoms with Crippen LogP contribution in [0.2, 0.25) is 0 Å². The van der Waals surface area contributed by atoms with Gasteiger partial charge in [0.2, 0.25) is 0 Å². The average molecular weight is 225 g/mol. The van der Waals surface area contributed by atoms with E-state index in [0.717, 1.165) is 12.1 Å². The number of nitrogens with zero attached hydrogens (tertiary/aromatic N) is 2. The Bertz CT molecular complexity index is 169. The van der Waals surface area contributed by atoms with Crippen LogP contribution in [0.25, 0.3) is 0 Å². The lowest BCUT2D eigenvalue weighted by Gasteiger charge is -2.41. The van der Waals surface area contributed by atoms with Gasteiger partial charge in [-0.2, -0.15) is 0 Å². The molecule has 3 nitrogen and oxygen atoms in total. The van der Waals surface area contributed by atoms with Gasteiger partial charge in [-0.05, 0) is 65.5 Å². The monoisotopic (exact) mass is 225 g/mol. The maximum absolute atomic E-state index is 3.41. The number of hydrogen-bond acceptors (Lipinski definition) is 3. The summed E-state index contributed by atoms with van der Waals surface area (Å²) in [4.78, 5) is 5.32. The molecule has 2 rings (SSSR count). The zero-order valence-corrected chi connectivity index (χ0v) is 10.9. The van der Waals surface area contributed by atoms with Gasteiger partial charge in [-0.3, -0.25) is 0 Å². The van der Waals surface area contributed by atoms with Gasteiger partial charge in [0.05, 0.1) is 0 Å². The molecule has 94 valence electrons. The van der Waals surface area contributed by atoms with Gasteiger partial charge >= 0.3 is 0 Å². The van der Waals surface area contributed by atoms with Crippen LogP contribution in [0.4, 0.5) is 0 Å². The number of piperidine rings is 2. The van der Waals surface area contributed by atoms with Crippen molar-refractivity contribution in [3.63, 3.8) is 0 Å². The first-order valence-electron chi connectivity index (χ1n) is 6.97. The summed E-state index contributed by atoms with van der Waals surface area (Å²) in [6.45, 7) is 8.75. The molecule has 16 heavy (non-hydrogen) atoms. The number of nitrogens with one attached hydrogen (secondary N) is 1. The highest BCUT2D eigenvalue weighted by molar-refractivity contribution is 4.84. The number of likely N-dealkylation sites (tertiary alicyclic amines) is 2. The number of hydrogen-bond donors (Lipinski definition) is 1. The zero-order chi connectivity index (χ0) is 11.4. The van der Waals surface area contributed by atoms with Gasteiger partial charge in [0.1, 0.15) is 0 Å². The molecule has 0 spiro atoms. The quantitative estimate of drug-likeness (QED) is 0.777. The molecule has 3 heteroatoms. The topological polar surface area (TPSA) is 18.5 Å². The van der Waals surface area contributed by atoms with Crippen LogP contribution in [-0.4, -0.2) is 61.7 Å². The molecule has 0 atom stereocenters. The minimum atomic E-state index is 0.770. The fourth-order valence-corrected chi connectivity index (χ4v) is 3.15. The normalized spacial score (nSPS) is 27.4. The minimum Gasteiger partial charge on any atom is -0.317 e. The maximum Gasteiger partial charge on any atom is 0.0120 e. The van der Waals surface area contributed by atoms with Crippen LogP contribution in [0.3, 0.4) is 0 Å². The Hall–Kier alpha value is -0.120. The minimum absolute atomic E-state index is 0.770. The van der Waals surface area contributed by atoms with Crippen molar-refractivity contribution in [2.75, 3.05) is 39.8 Å². The highest BCUT2D eigenvalue weighted by Gasteiger charge is 2.27. The predicted molar refractivity (Wildman–Crippen MR) is 68.8 cm³/mol. The summed E-state index contributed by atoms with van der Waals surface area (Å²) in [7, 11) is 2.10. The summed E-state index contributed by atoms with van der Waals surface area (Å²) in [5, 5.41) is 3.41. The van der Waals surface area contributed by atoms with Crippen molar-refractivity contribution in [3.05, 3.63) is 0 Å². The molecule has 0 unspecified atom stereocenters. The molecule has 0 aromatic carbocycles. The smallest absolute Gasteiger partial charge is 0.0120 e. The molecule has 0 aromatic heterocycles. The molecular formula is C13H27N3. The summed E-state index contributed by atoms with van der Waals surface area (Å²) >= 11 is 0. The van der Waals surface area contributed by atoms with Crippen molar-refractivity contribution < 1.29 is 0 Å². The molecule has 1 N–H and O–H groups in total. The first-order chi connectivity index (χ1) is 7.83. The van der Waals surface area contributed by atoms with E-state index in [4.69, 9.17) is 0 Å². The van der Waals surface area contributed by atoms with Crippen molar-refractivity contribution in [3.8, 4) is 0 Å². The van der Waals surface area contributed by atoms with Gasteiger partial charge < -0.3 is 15.1 Å². The summed E-state index contributed by atoms with van der Waals surface area (Å²) in [5.74, 6) is 0. The van der Waals surface area contributed by atoms with Crippen LogP contribution in [-0.2, 0) is 0 Å². The van der Waals surface area contributed by atoms with Crippen LogP contribution >= 0.6 is 0 Å². The summed E-state index contributed by atoms with van der Waals surface area (Å²) in [6.07, 6.45) is 5.45. The van der Waals surface area contributed by atoms with Crippen LogP contribution in [0.15, 0.2) is 0 Å². The average Bonchev–Trinajstić information content (AvgIpc) is 2.39. The van der Waals surface area contributed by atoms with Crippen LogP contribution in [0.1, 0.15) is 32.6 Å². The summed E-state index contributed by atoms with van der Waals surface area (Å²) in [5.41, 5.74) is 0. The van der Waals surface area contributed by atoms with Crippen LogP contribution in [0, 0.1) is 0 Å². The van der Waals surface area contributed by atoms with Crippen LogP contribution < -0.4 is 5.32 Å². The lowest BCUT2D eigenvalue weighted by Crippen LogP contribution is -2.49. The van der Waals surface area contributed by atoms with Gasteiger partial charge in [0.25, 0.3) is 0 Å². The van der Waals surface area contributed by atoms with Crippen molar-refractivity contribution in [2.24, 2.45) is 0 Å². The summed E-state index contributed by atoms with van der Waals surface area (Å²) in [6, 6.07) is 1.65. The van der Waals surface area contributed by atoms with Gasteiger partial charge in [-0.25, -0.2) is 0 Å². The molecule has 0 saturated carbocycles. The largest absolute Gasteiger partial charge is 0.317 e. The van der Waals surface area contributed by atoms with E-state index in [1.54, 1.807) is 0 Å². The Labute approximate surface area is 100 Å². The van der Waals surface area contributed by atoms with E-state index in [9.17, 15) is 0 Å². The van der Waals surface area contributed by atoms with E-state index < -0.39 is 0 Å². The predicted octanol–water partition coefficient (Wildman–Crippen LogP) is 1.15. The first kappa shape index (κ1) is 12.3. The Morgan fingerprint density at radius 1 is 1.00 bits per heavy atom. The van der Waals surface area contributed by atoms with E-state index in [1.807, 2.05) is 0 Å². The molecule has 2 heterocycles. The van der Waals surface area contributed by atoms with E-state index in [-0.39, 0.29) is 0 Å². The maximum atomic E-state index is 3.41. The van der Waals surface area contributed by atoms with Gasteiger partial charge in [-0.1, -0.05) is 6.92 Å². The molecule has 2 fully saturated rings. The zero-order valence-electron chi connectivity index (χ0n) is 10.9. The molecule has 2 aliphatic heterocycles. The Kier molecular flexibility index (Phi) is 4.62. The SMILES string of the molecule is CCN1CCC(N2CCC(NC)CC2)CC1. The summed E-state index contributed by atoms with van der Waals surface area (Å²) < 4.78 is 0. The third kappa shape index (κ3) is 2.96. The molecule has 0 radical (unpaired) electrons. The molecule has 2 saturated heterocycles. The number of rotatable bonds is 3. The van der Waals surface area contributed by atoms with Crippen molar-refractivity contribution in [1.82, 2.24) is 15.1 Å². The fourth-order valence-electron chi connectivity index (χ4n) is 3.15. The van der Waals surface area contributed by atoms with Gasteiger partial charge in [0.15, 0.2) is 0 Å². The first-order valence-corrected chi connectivity index (χ1v) is 6.97. The molecule has 0 amide bonds. The molecule has 2 aliphatic rings. The second-order valence-corrected chi connectivity index (χ2v) is 5.26. The highest BCUT2D eigenvalue weighted by atomic mass is 15.2. The molecule has 0 aromatic rings. The van der Waals surface area contributed by atoms with Crippen LogP contribution in [0.5, 0.6) is 0 Å². The van der Waals surface area contributed by atoms with Gasteiger partial charge in [0, 0.05) is 12.1 Å². The van der Waals surface area contributed by atoms with E-state index in [0.29, 0.717) is 0 Å². The third-order valence-corrected chi connectivity index (χ3v) is 4.46. The lowest BCUT2D eigenvalue weighted by atomic mass is 9.98. The van der Waals surface area contributed by atoms with Crippen molar-refractivity contribution >= 4 is 0 Å². The Balaban J connectivity index is 1.73. The Morgan fingerprint density at radius 3 is 2.12 bits per heavy atom. The standard InChI is InChI=1S/C13H27N3/c1-3-15-8-6-13(7-9-15)16-10-4-12(14-2)5-11-16/h12-14H,3-11H2,1-2H3. The lowest BCUT2D eigenvalue weighted by molar-refractivity contribution is 0.0867. The van der Waals surface area contributed by atoms with E-state index >= 15 is 0 Å². The second-order valence-electron chi connectivity index (χ2n) is 5.26. The fraction of sp³-hybridized carbons (Fsp3) is 1.00.